The maximum Gasteiger partial charge on any atom is 0.146 e. The van der Waals surface area contributed by atoms with E-state index < -0.39 is 0 Å². The van der Waals surface area contributed by atoms with Gasteiger partial charge in [-0.1, -0.05) is 25.4 Å². The molecule has 0 aromatic carbocycles. The maximum absolute atomic E-state index is 13.5. The Balaban J connectivity index is 2.86. The second-order valence-corrected chi connectivity index (χ2v) is 4.09. The summed E-state index contributed by atoms with van der Waals surface area (Å²) in [6.07, 6.45) is 1.48. The molecule has 2 nitrogen and oxygen atoms in total. The molecule has 0 bridgehead atoms. The summed E-state index contributed by atoms with van der Waals surface area (Å²) in [5.74, 6) is -0.304. The molecular weight excluding hydrogens is 215 g/mol. The first kappa shape index (κ1) is 12.4. The van der Waals surface area contributed by atoms with Crippen LogP contribution in [0.25, 0.3) is 0 Å². The molecule has 0 amide bonds. The molecule has 1 aromatic heterocycles. The molecular formula is C11H16ClFN2. The van der Waals surface area contributed by atoms with Gasteiger partial charge in [0.05, 0.1) is 10.7 Å². The lowest BCUT2D eigenvalue weighted by Crippen LogP contribution is -2.31. The molecule has 0 aliphatic carbocycles. The summed E-state index contributed by atoms with van der Waals surface area (Å²) >= 11 is 5.64. The van der Waals surface area contributed by atoms with Crippen LogP contribution in [0.3, 0.4) is 0 Å². The van der Waals surface area contributed by atoms with Crippen LogP contribution in [-0.4, -0.2) is 17.6 Å². The molecule has 1 heterocycles. The predicted octanol–water partition coefficient (Wildman–Crippen LogP) is 2.98. The van der Waals surface area contributed by atoms with Crippen LogP contribution < -0.4 is 5.32 Å². The number of halogens is 2. The van der Waals surface area contributed by atoms with Crippen molar-refractivity contribution in [1.82, 2.24) is 10.3 Å². The van der Waals surface area contributed by atoms with E-state index in [1.54, 1.807) is 0 Å². The molecule has 0 fully saturated rings. The Labute approximate surface area is 94.9 Å². The third-order valence-corrected chi connectivity index (χ3v) is 2.75. The number of nitrogens with zero attached hydrogens (tertiary/aromatic N) is 1. The van der Waals surface area contributed by atoms with Gasteiger partial charge >= 0.3 is 0 Å². The van der Waals surface area contributed by atoms with E-state index in [9.17, 15) is 4.39 Å². The van der Waals surface area contributed by atoms with E-state index in [0.29, 0.717) is 10.7 Å². The number of nitrogens with one attached hydrogen (secondary N) is 1. The van der Waals surface area contributed by atoms with E-state index in [1.165, 1.54) is 12.3 Å². The van der Waals surface area contributed by atoms with Crippen molar-refractivity contribution in [1.29, 1.82) is 0 Å². The van der Waals surface area contributed by atoms with Crippen molar-refractivity contribution in [2.75, 3.05) is 6.54 Å². The molecule has 15 heavy (non-hydrogen) atoms. The van der Waals surface area contributed by atoms with E-state index in [2.05, 4.69) is 10.3 Å². The van der Waals surface area contributed by atoms with E-state index in [1.807, 2.05) is 20.8 Å². The zero-order valence-corrected chi connectivity index (χ0v) is 9.98. The van der Waals surface area contributed by atoms with Crippen molar-refractivity contribution < 1.29 is 4.39 Å². The summed E-state index contributed by atoms with van der Waals surface area (Å²) in [7, 11) is 0. The zero-order chi connectivity index (χ0) is 11.4. The highest BCUT2D eigenvalue weighted by atomic mass is 35.5. The van der Waals surface area contributed by atoms with Gasteiger partial charge in [-0.2, -0.15) is 0 Å². The van der Waals surface area contributed by atoms with Crippen LogP contribution in [0.15, 0.2) is 12.3 Å². The Kier molecular flexibility index (Phi) is 4.48. The van der Waals surface area contributed by atoms with E-state index in [4.69, 9.17) is 11.6 Å². The fourth-order valence-corrected chi connectivity index (χ4v) is 1.64. The van der Waals surface area contributed by atoms with Gasteiger partial charge in [0.15, 0.2) is 0 Å². The summed E-state index contributed by atoms with van der Waals surface area (Å²) in [5, 5.41) is 3.58. The van der Waals surface area contributed by atoms with Gasteiger partial charge in [-0.25, -0.2) is 4.39 Å². The Hall–Kier alpha value is -0.670. The highest BCUT2D eigenvalue weighted by Gasteiger charge is 2.18. The second kappa shape index (κ2) is 5.42. The number of pyridine rings is 1. The number of hydrogen-bond acceptors (Lipinski definition) is 2. The molecule has 0 saturated carbocycles. The largest absolute Gasteiger partial charge is 0.314 e. The Bertz CT molecular complexity index is 330. The third kappa shape index (κ3) is 3.14. The van der Waals surface area contributed by atoms with Crippen LogP contribution >= 0.6 is 11.6 Å². The first-order chi connectivity index (χ1) is 7.06. The van der Waals surface area contributed by atoms with Crippen molar-refractivity contribution in [3.05, 3.63) is 28.8 Å². The number of likely N-dealkylation sites (N-methyl/N-ethyl adjacent to an activating group) is 1. The minimum absolute atomic E-state index is 0.0298. The molecule has 2 atom stereocenters. The lowest BCUT2D eigenvalue weighted by molar-refractivity contribution is 0.465. The summed E-state index contributed by atoms with van der Waals surface area (Å²) in [6.45, 7) is 6.85. The average Bonchev–Trinajstić information content (AvgIpc) is 2.17. The monoisotopic (exact) mass is 230 g/mol. The topological polar surface area (TPSA) is 24.9 Å². The molecule has 2 unspecified atom stereocenters. The smallest absolute Gasteiger partial charge is 0.146 e. The second-order valence-electron chi connectivity index (χ2n) is 3.66. The minimum atomic E-state index is -0.334. The highest BCUT2D eigenvalue weighted by molar-refractivity contribution is 6.30. The van der Waals surface area contributed by atoms with E-state index in [-0.39, 0.29) is 17.8 Å². The Morgan fingerprint density at radius 3 is 2.73 bits per heavy atom. The molecule has 0 radical (unpaired) electrons. The molecule has 1 rings (SSSR count). The quantitative estimate of drug-likeness (QED) is 0.860. The number of aromatic nitrogens is 1. The van der Waals surface area contributed by atoms with Gasteiger partial charge in [0.2, 0.25) is 0 Å². The molecule has 0 aliphatic heterocycles. The van der Waals surface area contributed by atoms with Crippen molar-refractivity contribution in [3.8, 4) is 0 Å². The molecule has 1 N–H and O–H groups in total. The van der Waals surface area contributed by atoms with Crippen molar-refractivity contribution in [2.45, 2.75) is 32.7 Å². The predicted molar refractivity (Wildman–Crippen MR) is 60.8 cm³/mol. The van der Waals surface area contributed by atoms with Gasteiger partial charge in [0, 0.05) is 18.2 Å². The highest BCUT2D eigenvalue weighted by Crippen LogP contribution is 2.21. The molecule has 0 spiro atoms. The molecule has 84 valence electrons. The third-order valence-electron chi connectivity index (χ3n) is 2.54. The standard InChI is InChI=1S/C11H16ClFN2/c1-4-14-8(3)7(2)11-10(13)5-9(12)6-15-11/h5-8,14H,4H2,1-3H3. The fourth-order valence-electron chi connectivity index (χ4n) is 1.50. The normalized spacial score (nSPS) is 15.0. The van der Waals surface area contributed by atoms with Crippen LogP contribution in [0.4, 0.5) is 4.39 Å². The Morgan fingerprint density at radius 1 is 1.53 bits per heavy atom. The first-order valence-corrected chi connectivity index (χ1v) is 5.48. The summed E-state index contributed by atoms with van der Waals surface area (Å²) in [5.41, 5.74) is 0.466. The van der Waals surface area contributed by atoms with Crippen LogP contribution in [-0.2, 0) is 0 Å². The molecule has 1 aromatic rings. The summed E-state index contributed by atoms with van der Waals surface area (Å²) in [4.78, 5) is 4.03. The summed E-state index contributed by atoms with van der Waals surface area (Å²) < 4.78 is 13.5. The van der Waals surface area contributed by atoms with Gasteiger partial charge in [-0.3, -0.25) is 4.98 Å². The zero-order valence-electron chi connectivity index (χ0n) is 9.22. The van der Waals surface area contributed by atoms with E-state index in [0.717, 1.165) is 6.54 Å². The SMILES string of the molecule is CCNC(C)C(C)c1ncc(Cl)cc1F. The van der Waals surface area contributed by atoms with Gasteiger partial charge in [0.25, 0.3) is 0 Å². The van der Waals surface area contributed by atoms with Crippen molar-refractivity contribution in [2.24, 2.45) is 0 Å². The van der Waals surface area contributed by atoms with Gasteiger partial charge in [0.1, 0.15) is 5.82 Å². The van der Waals surface area contributed by atoms with Crippen LogP contribution in [0.1, 0.15) is 32.4 Å². The molecule has 0 aliphatic rings. The van der Waals surface area contributed by atoms with E-state index >= 15 is 0 Å². The number of rotatable bonds is 4. The van der Waals surface area contributed by atoms with Gasteiger partial charge in [-0.15, -0.1) is 0 Å². The first-order valence-electron chi connectivity index (χ1n) is 5.10. The molecule has 0 saturated heterocycles. The average molecular weight is 231 g/mol. The van der Waals surface area contributed by atoms with Crippen LogP contribution in [0, 0.1) is 5.82 Å². The Morgan fingerprint density at radius 2 is 2.20 bits per heavy atom. The minimum Gasteiger partial charge on any atom is -0.314 e. The van der Waals surface area contributed by atoms with Crippen molar-refractivity contribution >= 4 is 11.6 Å². The van der Waals surface area contributed by atoms with Crippen LogP contribution in [0.5, 0.6) is 0 Å². The lowest BCUT2D eigenvalue weighted by Gasteiger charge is -2.20. The fraction of sp³-hybridized carbons (Fsp3) is 0.545. The van der Waals surface area contributed by atoms with Gasteiger partial charge in [-0.05, 0) is 19.5 Å². The maximum atomic E-state index is 13.5. The van der Waals surface area contributed by atoms with Crippen molar-refractivity contribution in [3.63, 3.8) is 0 Å². The van der Waals surface area contributed by atoms with Crippen LogP contribution in [0.2, 0.25) is 5.02 Å². The van der Waals surface area contributed by atoms with Gasteiger partial charge < -0.3 is 5.32 Å². The summed E-state index contributed by atoms with van der Waals surface area (Å²) in [6, 6.07) is 1.50. The molecule has 4 heteroatoms. The lowest BCUT2D eigenvalue weighted by atomic mass is 9.99. The number of hydrogen-bond donors (Lipinski definition) is 1.